The number of hydrogen-bond acceptors (Lipinski definition) is 3. The van der Waals surface area contributed by atoms with Crippen LogP contribution < -0.4 is 10.1 Å². The van der Waals surface area contributed by atoms with Gasteiger partial charge in [-0.2, -0.15) is 0 Å². The van der Waals surface area contributed by atoms with Gasteiger partial charge < -0.3 is 15.2 Å². The van der Waals surface area contributed by atoms with E-state index in [0.29, 0.717) is 19.6 Å². The first-order chi connectivity index (χ1) is 8.72. The fourth-order valence-corrected chi connectivity index (χ4v) is 2.27. The van der Waals surface area contributed by atoms with Gasteiger partial charge in [-0.3, -0.25) is 4.79 Å². The molecule has 98 valence electrons. The number of rotatable bonds is 5. The van der Waals surface area contributed by atoms with Gasteiger partial charge in [0.25, 0.3) is 0 Å². The number of nitrogens with one attached hydrogen (secondary N) is 1. The number of hydrogen-bond donors (Lipinski definition) is 2. The third-order valence-corrected chi connectivity index (χ3v) is 3.16. The summed E-state index contributed by atoms with van der Waals surface area (Å²) >= 11 is 0. The fraction of sp³-hybridized carbons (Fsp3) is 0.500. The van der Waals surface area contributed by atoms with Gasteiger partial charge in [0.05, 0.1) is 19.1 Å². The largest absolute Gasteiger partial charge is 0.493 e. The average Bonchev–Trinajstić information content (AvgIpc) is 2.73. The molecule has 2 rings (SSSR count). The van der Waals surface area contributed by atoms with Gasteiger partial charge in [-0.15, -0.1) is 0 Å². The summed E-state index contributed by atoms with van der Waals surface area (Å²) in [6, 6.07) is 5.72. The minimum Gasteiger partial charge on any atom is -0.493 e. The Morgan fingerprint density at radius 3 is 3.17 bits per heavy atom. The topological polar surface area (TPSA) is 58.6 Å². The van der Waals surface area contributed by atoms with E-state index in [9.17, 15) is 9.90 Å². The maximum atomic E-state index is 11.3. The van der Waals surface area contributed by atoms with Crippen molar-refractivity contribution in [3.63, 3.8) is 0 Å². The van der Waals surface area contributed by atoms with Crippen molar-refractivity contribution >= 4 is 5.91 Å². The zero-order valence-electron chi connectivity index (χ0n) is 10.6. The van der Waals surface area contributed by atoms with Crippen LogP contribution in [0.5, 0.6) is 5.75 Å². The van der Waals surface area contributed by atoms with Gasteiger partial charge in [-0.25, -0.2) is 0 Å². The van der Waals surface area contributed by atoms with Crippen molar-refractivity contribution in [2.45, 2.75) is 32.3 Å². The SMILES string of the molecule is CCNC(=O)CCOc1cccc2c1CCC2O. The molecule has 1 aromatic carbocycles. The molecular formula is C14H19NO3. The fourth-order valence-electron chi connectivity index (χ4n) is 2.27. The Balaban J connectivity index is 1.93. The summed E-state index contributed by atoms with van der Waals surface area (Å²) in [6.07, 6.45) is 1.59. The Kier molecular flexibility index (Phi) is 4.20. The molecule has 0 bridgehead atoms. The Hall–Kier alpha value is -1.55. The molecule has 0 heterocycles. The van der Waals surface area contributed by atoms with Crippen molar-refractivity contribution in [3.05, 3.63) is 29.3 Å². The summed E-state index contributed by atoms with van der Waals surface area (Å²) < 4.78 is 5.64. The molecule has 1 aromatic rings. The molecule has 0 saturated heterocycles. The number of aliphatic hydroxyl groups excluding tert-OH is 1. The Bertz CT molecular complexity index is 431. The van der Waals surface area contributed by atoms with Crippen LogP contribution in [0.15, 0.2) is 18.2 Å². The van der Waals surface area contributed by atoms with Crippen LogP contribution in [0.25, 0.3) is 0 Å². The highest BCUT2D eigenvalue weighted by atomic mass is 16.5. The predicted octanol–water partition coefficient (Wildman–Crippen LogP) is 1.57. The number of carbonyl (C=O) groups is 1. The Morgan fingerprint density at radius 2 is 2.39 bits per heavy atom. The number of aliphatic hydroxyl groups is 1. The maximum Gasteiger partial charge on any atom is 0.223 e. The standard InChI is InChI=1S/C14H19NO3/c1-2-15-14(17)8-9-18-13-5-3-4-10-11(13)6-7-12(10)16/h3-5,12,16H,2,6-9H2,1H3,(H,15,17). The van der Waals surface area contributed by atoms with Crippen LogP contribution in [0.4, 0.5) is 0 Å². The summed E-state index contributed by atoms with van der Waals surface area (Å²) in [5.41, 5.74) is 2.05. The molecule has 4 nitrogen and oxygen atoms in total. The van der Waals surface area contributed by atoms with E-state index in [2.05, 4.69) is 5.32 Å². The highest BCUT2D eigenvalue weighted by Gasteiger charge is 2.23. The van der Waals surface area contributed by atoms with Gasteiger partial charge in [-0.1, -0.05) is 12.1 Å². The van der Waals surface area contributed by atoms with Crippen LogP contribution in [0, 0.1) is 0 Å². The first-order valence-corrected chi connectivity index (χ1v) is 6.41. The summed E-state index contributed by atoms with van der Waals surface area (Å²) in [4.78, 5) is 11.3. The molecule has 0 aliphatic heterocycles. The second kappa shape index (κ2) is 5.87. The smallest absolute Gasteiger partial charge is 0.223 e. The molecule has 1 amide bonds. The van der Waals surface area contributed by atoms with Crippen LogP contribution >= 0.6 is 0 Å². The van der Waals surface area contributed by atoms with Crippen LogP contribution in [-0.2, 0) is 11.2 Å². The highest BCUT2D eigenvalue weighted by Crippen LogP contribution is 2.36. The summed E-state index contributed by atoms with van der Waals surface area (Å²) in [5, 5.41) is 12.5. The molecule has 2 N–H and O–H groups in total. The molecule has 1 atom stereocenters. The van der Waals surface area contributed by atoms with E-state index in [0.717, 1.165) is 29.7 Å². The van der Waals surface area contributed by atoms with Crippen molar-refractivity contribution in [2.24, 2.45) is 0 Å². The molecule has 0 saturated carbocycles. The number of benzene rings is 1. The van der Waals surface area contributed by atoms with E-state index in [-0.39, 0.29) is 12.0 Å². The minimum atomic E-state index is -0.369. The molecular weight excluding hydrogens is 230 g/mol. The van der Waals surface area contributed by atoms with Crippen LogP contribution in [0.1, 0.15) is 37.0 Å². The first-order valence-electron chi connectivity index (χ1n) is 6.41. The third kappa shape index (κ3) is 2.82. The molecule has 0 aromatic heterocycles. The lowest BCUT2D eigenvalue weighted by atomic mass is 10.1. The van der Waals surface area contributed by atoms with Gasteiger partial charge >= 0.3 is 0 Å². The van der Waals surface area contributed by atoms with Crippen molar-refractivity contribution in [1.82, 2.24) is 5.32 Å². The lowest BCUT2D eigenvalue weighted by molar-refractivity contribution is -0.121. The summed E-state index contributed by atoms with van der Waals surface area (Å²) in [5.74, 6) is 0.804. The van der Waals surface area contributed by atoms with Crippen molar-refractivity contribution in [2.75, 3.05) is 13.2 Å². The van der Waals surface area contributed by atoms with Crippen molar-refractivity contribution < 1.29 is 14.6 Å². The van der Waals surface area contributed by atoms with Gasteiger partial charge in [0.1, 0.15) is 5.75 Å². The quantitative estimate of drug-likeness (QED) is 0.832. The molecule has 4 heteroatoms. The van der Waals surface area contributed by atoms with Crippen LogP contribution in [-0.4, -0.2) is 24.2 Å². The van der Waals surface area contributed by atoms with Crippen molar-refractivity contribution in [3.8, 4) is 5.75 Å². The van der Waals surface area contributed by atoms with Gasteiger partial charge in [-0.05, 0) is 31.4 Å². The van der Waals surface area contributed by atoms with E-state index in [1.54, 1.807) is 0 Å². The van der Waals surface area contributed by atoms with E-state index in [1.807, 2.05) is 25.1 Å². The number of amides is 1. The van der Waals surface area contributed by atoms with Gasteiger partial charge in [0.2, 0.25) is 5.91 Å². The second-order valence-electron chi connectivity index (χ2n) is 4.43. The average molecular weight is 249 g/mol. The second-order valence-corrected chi connectivity index (χ2v) is 4.43. The van der Waals surface area contributed by atoms with E-state index in [1.165, 1.54) is 0 Å². The van der Waals surface area contributed by atoms with E-state index >= 15 is 0 Å². The number of ether oxygens (including phenoxy) is 1. The zero-order valence-corrected chi connectivity index (χ0v) is 10.6. The molecule has 1 aliphatic rings. The maximum absolute atomic E-state index is 11.3. The first kappa shape index (κ1) is 12.9. The molecule has 1 aliphatic carbocycles. The molecule has 0 spiro atoms. The highest BCUT2D eigenvalue weighted by molar-refractivity contribution is 5.75. The van der Waals surface area contributed by atoms with Gasteiger partial charge in [0.15, 0.2) is 0 Å². The number of carbonyl (C=O) groups excluding carboxylic acids is 1. The monoisotopic (exact) mass is 249 g/mol. The lowest BCUT2D eigenvalue weighted by Crippen LogP contribution is -2.24. The molecule has 1 unspecified atom stereocenters. The van der Waals surface area contributed by atoms with Gasteiger partial charge in [0, 0.05) is 12.1 Å². The lowest BCUT2D eigenvalue weighted by Gasteiger charge is -2.11. The molecule has 0 radical (unpaired) electrons. The number of fused-ring (bicyclic) bond motifs is 1. The van der Waals surface area contributed by atoms with Crippen LogP contribution in [0.2, 0.25) is 0 Å². The van der Waals surface area contributed by atoms with Crippen LogP contribution in [0.3, 0.4) is 0 Å². The Morgan fingerprint density at radius 1 is 1.56 bits per heavy atom. The summed E-state index contributed by atoms with van der Waals surface area (Å²) in [7, 11) is 0. The Labute approximate surface area is 107 Å². The summed E-state index contributed by atoms with van der Waals surface area (Å²) in [6.45, 7) is 2.91. The molecule has 18 heavy (non-hydrogen) atoms. The predicted molar refractivity (Wildman–Crippen MR) is 68.5 cm³/mol. The third-order valence-electron chi connectivity index (χ3n) is 3.16. The van der Waals surface area contributed by atoms with E-state index in [4.69, 9.17) is 4.74 Å². The normalized spacial score (nSPS) is 17.3. The van der Waals surface area contributed by atoms with Crippen molar-refractivity contribution in [1.29, 1.82) is 0 Å². The molecule has 0 fully saturated rings. The zero-order chi connectivity index (χ0) is 13.0. The van der Waals surface area contributed by atoms with E-state index < -0.39 is 0 Å². The minimum absolute atomic E-state index is 0.00473.